The number of rotatable bonds is 6. The molecule has 3 rings (SSSR count). The van der Waals surface area contributed by atoms with Gasteiger partial charge in [0.25, 0.3) is 0 Å². The van der Waals surface area contributed by atoms with Crippen LogP contribution >= 0.6 is 11.6 Å². The van der Waals surface area contributed by atoms with Gasteiger partial charge in [-0.1, -0.05) is 48.0 Å². The summed E-state index contributed by atoms with van der Waals surface area (Å²) >= 11 is 6.19. The summed E-state index contributed by atoms with van der Waals surface area (Å²) in [6.07, 6.45) is 0. The highest BCUT2D eigenvalue weighted by Gasteiger charge is 2.13. The Bertz CT molecular complexity index is 892. The van der Waals surface area contributed by atoms with Crippen molar-refractivity contribution in [2.24, 2.45) is 0 Å². The van der Waals surface area contributed by atoms with Crippen LogP contribution in [0.1, 0.15) is 11.3 Å². The van der Waals surface area contributed by atoms with Gasteiger partial charge < -0.3 is 5.32 Å². The number of hydrogen-bond acceptors (Lipinski definition) is 3. The molecule has 0 atom stereocenters. The molecule has 0 radical (unpaired) electrons. The molecule has 2 aromatic carbocycles. The van der Waals surface area contributed by atoms with Gasteiger partial charge in [0, 0.05) is 17.6 Å². The first-order valence-corrected chi connectivity index (χ1v) is 8.74. The molecule has 0 saturated carbocycles. The molecule has 5 nitrogen and oxygen atoms in total. The van der Waals surface area contributed by atoms with E-state index in [0.29, 0.717) is 17.4 Å². The molecule has 0 unspecified atom stereocenters. The molecule has 134 valence electrons. The van der Waals surface area contributed by atoms with Crippen LogP contribution in [0, 0.1) is 6.92 Å². The first-order chi connectivity index (χ1) is 12.5. The lowest BCUT2D eigenvalue weighted by molar-refractivity contribution is -0.117. The van der Waals surface area contributed by atoms with Gasteiger partial charge in [0.15, 0.2) is 0 Å². The number of aromatic nitrogens is 2. The zero-order chi connectivity index (χ0) is 18.5. The summed E-state index contributed by atoms with van der Waals surface area (Å²) in [7, 11) is 1.89. The number of benzene rings is 2. The Kier molecular flexibility index (Phi) is 5.71. The molecular formula is C20H21ClN4O. The Morgan fingerprint density at radius 2 is 1.85 bits per heavy atom. The van der Waals surface area contributed by atoms with Gasteiger partial charge in [0.2, 0.25) is 5.91 Å². The maximum atomic E-state index is 12.5. The van der Waals surface area contributed by atoms with Crippen LogP contribution in [0.2, 0.25) is 5.02 Å². The number of amides is 1. The average Bonchev–Trinajstić information content (AvgIpc) is 2.97. The van der Waals surface area contributed by atoms with E-state index in [1.807, 2.05) is 79.5 Å². The predicted octanol–water partition coefficient (Wildman–Crippen LogP) is 3.90. The monoisotopic (exact) mass is 368 g/mol. The largest absolute Gasteiger partial charge is 0.309 e. The van der Waals surface area contributed by atoms with E-state index < -0.39 is 0 Å². The highest BCUT2D eigenvalue weighted by molar-refractivity contribution is 6.31. The number of carbonyl (C=O) groups excluding carboxylic acids is 1. The van der Waals surface area contributed by atoms with Gasteiger partial charge >= 0.3 is 0 Å². The summed E-state index contributed by atoms with van der Waals surface area (Å²) in [6.45, 7) is 2.76. The lowest BCUT2D eigenvalue weighted by Crippen LogP contribution is -2.30. The van der Waals surface area contributed by atoms with E-state index in [1.54, 1.807) is 4.68 Å². The van der Waals surface area contributed by atoms with E-state index in [-0.39, 0.29) is 12.5 Å². The second kappa shape index (κ2) is 8.17. The smallest absolute Gasteiger partial charge is 0.239 e. The molecule has 0 fully saturated rings. The van der Waals surface area contributed by atoms with E-state index in [2.05, 4.69) is 10.4 Å². The number of hydrogen-bond donors (Lipinski definition) is 1. The molecule has 0 spiro atoms. The molecule has 0 saturated heterocycles. The van der Waals surface area contributed by atoms with Crippen molar-refractivity contribution in [3.05, 3.63) is 76.9 Å². The Balaban J connectivity index is 1.66. The standard InChI is InChI=1S/C20H21ClN4O/c1-15-12-19(25(23-15)17-9-4-3-5-10-17)22-20(26)14-24(2)13-16-8-6-7-11-18(16)21/h3-12H,13-14H2,1-2H3,(H,22,26). The summed E-state index contributed by atoms with van der Waals surface area (Å²) in [6, 6.07) is 19.2. The zero-order valence-corrected chi connectivity index (χ0v) is 15.6. The Morgan fingerprint density at radius 1 is 1.15 bits per heavy atom. The molecule has 1 N–H and O–H groups in total. The van der Waals surface area contributed by atoms with Gasteiger partial charge in [-0.05, 0) is 37.7 Å². The number of anilines is 1. The minimum Gasteiger partial charge on any atom is -0.309 e. The van der Waals surface area contributed by atoms with Gasteiger partial charge in [0.05, 0.1) is 17.9 Å². The van der Waals surface area contributed by atoms with Crippen LogP contribution in [0.4, 0.5) is 5.82 Å². The molecule has 0 aliphatic carbocycles. The normalized spacial score (nSPS) is 10.9. The summed E-state index contributed by atoms with van der Waals surface area (Å²) in [5, 5.41) is 8.12. The van der Waals surface area contributed by atoms with Gasteiger partial charge in [-0.15, -0.1) is 0 Å². The van der Waals surface area contributed by atoms with Crippen molar-refractivity contribution < 1.29 is 4.79 Å². The minimum atomic E-state index is -0.100. The quantitative estimate of drug-likeness (QED) is 0.717. The van der Waals surface area contributed by atoms with Crippen LogP contribution in [-0.4, -0.2) is 34.2 Å². The van der Waals surface area contributed by atoms with Crippen LogP contribution in [0.3, 0.4) is 0 Å². The van der Waals surface area contributed by atoms with Gasteiger partial charge in [0.1, 0.15) is 5.82 Å². The summed E-state index contributed by atoms with van der Waals surface area (Å²) in [5.74, 6) is 0.557. The Morgan fingerprint density at radius 3 is 2.58 bits per heavy atom. The molecule has 0 aliphatic heterocycles. The molecule has 1 amide bonds. The fraction of sp³-hybridized carbons (Fsp3) is 0.200. The number of aryl methyl sites for hydroxylation is 1. The third-order valence-corrected chi connectivity index (χ3v) is 4.28. The zero-order valence-electron chi connectivity index (χ0n) is 14.8. The van der Waals surface area contributed by atoms with Crippen LogP contribution in [0.15, 0.2) is 60.7 Å². The van der Waals surface area contributed by atoms with Gasteiger partial charge in [-0.25, -0.2) is 4.68 Å². The van der Waals surface area contributed by atoms with Crippen LogP contribution in [-0.2, 0) is 11.3 Å². The summed E-state index contributed by atoms with van der Waals surface area (Å²) in [4.78, 5) is 14.4. The second-order valence-corrected chi connectivity index (χ2v) is 6.64. The van der Waals surface area contributed by atoms with Crippen molar-refractivity contribution in [1.82, 2.24) is 14.7 Å². The SMILES string of the molecule is Cc1cc(NC(=O)CN(C)Cc2ccccc2Cl)n(-c2ccccc2)n1. The van der Waals surface area contributed by atoms with E-state index in [0.717, 1.165) is 16.9 Å². The van der Waals surface area contributed by atoms with Crippen LogP contribution < -0.4 is 5.32 Å². The van der Waals surface area contributed by atoms with E-state index in [1.165, 1.54) is 0 Å². The van der Waals surface area contributed by atoms with Crippen LogP contribution in [0.5, 0.6) is 0 Å². The molecule has 6 heteroatoms. The molecule has 1 aromatic heterocycles. The molecule has 0 aliphatic rings. The van der Waals surface area contributed by atoms with Crippen LogP contribution in [0.25, 0.3) is 5.69 Å². The number of nitrogens with zero attached hydrogens (tertiary/aromatic N) is 3. The highest BCUT2D eigenvalue weighted by atomic mass is 35.5. The third-order valence-electron chi connectivity index (χ3n) is 3.91. The van der Waals surface area contributed by atoms with Crippen molar-refractivity contribution in [3.63, 3.8) is 0 Å². The lowest BCUT2D eigenvalue weighted by Gasteiger charge is -2.17. The molecule has 1 heterocycles. The predicted molar refractivity (Wildman–Crippen MR) is 105 cm³/mol. The molecule has 0 bridgehead atoms. The van der Waals surface area contributed by atoms with Gasteiger partial charge in [-0.3, -0.25) is 9.69 Å². The third kappa shape index (κ3) is 4.50. The topological polar surface area (TPSA) is 50.2 Å². The molecular weight excluding hydrogens is 348 g/mol. The molecule has 26 heavy (non-hydrogen) atoms. The highest BCUT2D eigenvalue weighted by Crippen LogP contribution is 2.18. The fourth-order valence-corrected chi connectivity index (χ4v) is 2.95. The number of carbonyl (C=O) groups is 1. The molecule has 3 aromatic rings. The number of nitrogens with one attached hydrogen (secondary N) is 1. The minimum absolute atomic E-state index is 0.100. The van der Waals surface area contributed by atoms with E-state index >= 15 is 0 Å². The Hall–Kier alpha value is -2.63. The van der Waals surface area contributed by atoms with Crippen molar-refractivity contribution in [3.8, 4) is 5.69 Å². The number of para-hydroxylation sites is 1. The lowest BCUT2D eigenvalue weighted by atomic mass is 10.2. The van der Waals surface area contributed by atoms with E-state index in [4.69, 9.17) is 11.6 Å². The second-order valence-electron chi connectivity index (χ2n) is 6.23. The summed E-state index contributed by atoms with van der Waals surface area (Å²) < 4.78 is 1.74. The van der Waals surface area contributed by atoms with Crippen molar-refractivity contribution >= 4 is 23.3 Å². The summed E-state index contributed by atoms with van der Waals surface area (Å²) in [5.41, 5.74) is 2.74. The maximum absolute atomic E-state index is 12.5. The fourth-order valence-electron chi connectivity index (χ4n) is 2.76. The van der Waals surface area contributed by atoms with Crippen molar-refractivity contribution in [1.29, 1.82) is 0 Å². The first-order valence-electron chi connectivity index (χ1n) is 8.37. The number of halogens is 1. The van der Waals surface area contributed by atoms with Crippen molar-refractivity contribution in [2.75, 3.05) is 18.9 Å². The van der Waals surface area contributed by atoms with E-state index in [9.17, 15) is 4.79 Å². The van der Waals surface area contributed by atoms with Gasteiger partial charge in [-0.2, -0.15) is 5.10 Å². The first kappa shape index (κ1) is 18.2. The Labute approximate surface area is 158 Å². The average molecular weight is 369 g/mol. The van der Waals surface area contributed by atoms with Crippen molar-refractivity contribution in [2.45, 2.75) is 13.5 Å². The maximum Gasteiger partial charge on any atom is 0.239 e. The number of likely N-dealkylation sites (N-methyl/N-ethyl adjacent to an activating group) is 1.